The number of nitrogens with zero attached hydrogens (tertiary/aromatic N) is 3. The zero-order valence-corrected chi connectivity index (χ0v) is 8.63. The molecule has 5 nitrogen and oxygen atoms in total. The molecule has 0 aliphatic rings. The van der Waals surface area contributed by atoms with Crippen LogP contribution in [0.5, 0.6) is 5.75 Å². The Labute approximate surface area is 91.9 Å². The molecule has 0 heterocycles. The number of aliphatic hydroxyl groups excluding tert-OH is 1. The monoisotopic (exact) mass is 227 g/mol. The second-order valence-corrected chi connectivity index (χ2v) is 3.27. The van der Waals surface area contributed by atoms with Crippen molar-refractivity contribution in [2.75, 3.05) is 13.2 Å². The molecule has 0 amide bonds. The average Bonchev–Trinajstić information content (AvgIpc) is 2.25. The Hall–Kier alpha value is -1.42. The first-order valence-electron chi connectivity index (χ1n) is 4.29. The van der Waals surface area contributed by atoms with Gasteiger partial charge in [-0.2, -0.15) is 0 Å². The highest BCUT2D eigenvalue weighted by molar-refractivity contribution is 6.30. The highest BCUT2D eigenvalue weighted by atomic mass is 35.5. The van der Waals surface area contributed by atoms with Gasteiger partial charge >= 0.3 is 0 Å². The molecule has 1 aromatic carbocycles. The van der Waals surface area contributed by atoms with Gasteiger partial charge in [0.25, 0.3) is 0 Å². The second kappa shape index (κ2) is 6.14. The van der Waals surface area contributed by atoms with Gasteiger partial charge in [-0.05, 0) is 29.8 Å². The van der Waals surface area contributed by atoms with Gasteiger partial charge in [0.2, 0.25) is 0 Å². The van der Waals surface area contributed by atoms with Crippen molar-refractivity contribution in [1.82, 2.24) is 0 Å². The van der Waals surface area contributed by atoms with E-state index in [0.717, 1.165) is 0 Å². The van der Waals surface area contributed by atoms with E-state index in [1.807, 2.05) is 0 Å². The third-order valence-corrected chi connectivity index (χ3v) is 1.86. The van der Waals surface area contributed by atoms with E-state index in [4.69, 9.17) is 21.9 Å². The number of halogens is 1. The maximum Gasteiger partial charge on any atom is 0.119 e. The highest BCUT2D eigenvalue weighted by Gasteiger charge is 2.03. The van der Waals surface area contributed by atoms with E-state index in [1.54, 1.807) is 24.3 Å². The van der Waals surface area contributed by atoms with Crippen LogP contribution < -0.4 is 4.74 Å². The van der Waals surface area contributed by atoms with Crippen molar-refractivity contribution in [3.8, 4) is 5.75 Å². The summed E-state index contributed by atoms with van der Waals surface area (Å²) < 4.78 is 5.23. The molecule has 1 atom stereocenters. The van der Waals surface area contributed by atoms with E-state index in [-0.39, 0.29) is 13.2 Å². The number of azide groups is 1. The average molecular weight is 228 g/mol. The van der Waals surface area contributed by atoms with E-state index in [1.165, 1.54) is 0 Å². The smallest absolute Gasteiger partial charge is 0.119 e. The molecule has 0 aliphatic heterocycles. The first-order chi connectivity index (χ1) is 7.22. The van der Waals surface area contributed by atoms with Gasteiger partial charge in [0.05, 0.1) is 12.6 Å². The molecule has 1 aromatic rings. The maximum absolute atomic E-state index is 9.28. The van der Waals surface area contributed by atoms with Gasteiger partial charge in [-0.25, -0.2) is 0 Å². The molecular weight excluding hydrogens is 218 g/mol. The quantitative estimate of drug-likeness (QED) is 0.476. The van der Waals surface area contributed by atoms with Crippen molar-refractivity contribution in [1.29, 1.82) is 0 Å². The summed E-state index contributed by atoms with van der Waals surface area (Å²) in [6.45, 7) is 0.0880. The van der Waals surface area contributed by atoms with Crippen LogP contribution in [0.2, 0.25) is 5.02 Å². The van der Waals surface area contributed by atoms with Gasteiger partial charge in [-0.3, -0.25) is 0 Å². The predicted molar refractivity (Wildman–Crippen MR) is 57.0 cm³/mol. The molecule has 15 heavy (non-hydrogen) atoms. The summed E-state index contributed by atoms with van der Waals surface area (Å²) in [5, 5.41) is 13.1. The molecular formula is C9H10ClN3O2. The van der Waals surface area contributed by atoms with Crippen LogP contribution >= 0.6 is 11.6 Å². The zero-order chi connectivity index (χ0) is 11.1. The van der Waals surface area contributed by atoms with Crippen molar-refractivity contribution < 1.29 is 9.84 Å². The summed E-state index contributed by atoms with van der Waals surface area (Å²) >= 11 is 5.68. The van der Waals surface area contributed by atoms with Crippen molar-refractivity contribution in [2.24, 2.45) is 5.11 Å². The van der Waals surface area contributed by atoms with Gasteiger partial charge in [0, 0.05) is 9.93 Å². The van der Waals surface area contributed by atoms with Crippen LogP contribution in [0.15, 0.2) is 29.4 Å². The van der Waals surface area contributed by atoms with Crippen LogP contribution in [0.3, 0.4) is 0 Å². The number of benzene rings is 1. The number of ether oxygens (including phenoxy) is 1. The molecule has 0 radical (unpaired) electrons. The normalized spacial score (nSPS) is 11.6. The predicted octanol–water partition coefficient (Wildman–Crippen LogP) is 2.39. The van der Waals surface area contributed by atoms with Gasteiger partial charge in [-0.1, -0.05) is 16.7 Å². The first-order valence-corrected chi connectivity index (χ1v) is 4.67. The fraction of sp³-hybridized carbons (Fsp3) is 0.333. The van der Waals surface area contributed by atoms with Crippen LogP contribution in [0.4, 0.5) is 0 Å². The SMILES string of the molecule is [N-]=[N+]=NC[C@@H](O)COc1ccc(Cl)cc1. The van der Waals surface area contributed by atoms with Gasteiger partial charge in [-0.15, -0.1) is 0 Å². The first kappa shape index (κ1) is 11.7. The van der Waals surface area contributed by atoms with Crippen LogP contribution in [-0.4, -0.2) is 24.4 Å². The summed E-state index contributed by atoms with van der Waals surface area (Å²) in [6, 6.07) is 6.78. The molecule has 0 saturated heterocycles. The number of aliphatic hydroxyl groups is 1. The molecule has 0 aromatic heterocycles. The van der Waals surface area contributed by atoms with Crippen LogP contribution in [0.1, 0.15) is 0 Å². The Bertz CT molecular complexity index is 349. The number of hydrogen-bond donors (Lipinski definition) is 1. The van der Waals surface area contributed by atoms with Gasteiger partial charge in [0.1, 0.15) is 12.4 Å². The van der Waals surface area contributed by atoms with E-state index in [2.05, 4.69) is 10.0 Å². The van der Waals surface area contributed by atoms with Crippen molar-refractivity contribution in [3.05, 3.63) is 39.7 Å². The molecule has 1 N–H and O–H groups in total. The summed E-state index contributed by atoms with van der Waals surface area (Å²) in [6.07, 6.45) is -0.795. The van der Waals surface area contributed by atoms with Crippen LogP contribution in [0, 0.1) is 0 Å². The topological polar surface area (TPSA) is 78.2 Å². The maximum atomic E-state index is 9.28. The van der Waals surface area contributed by atoms with E-state index >= 15 is 0 Å². The molecule has 0 spiro atoms. The Morgan fingerprint density at radius 2 is 2.13 bits per heavy atom. The molecule has 1 rings (SSSR count). The molecule has 0 fully saturated rings. The van der Waals surface area contributed by atoms with Gasteiger partial charge < -0.3 is 9.84 Å². The minimum absolute atomic E-state index is 0.00406. The third-order valence-electron chi connectivity index (χ3n) is 1.61. The zero-order valence-electron chi connectivity index (χ0n) is 7.88. The fourth-order valence-corrected chi connectivity index (χ4v) is 1.03. The van der Waals surface area contributed by atoms with E-state index in [0.29, 0.717) is 10.8 Å². The molecule has 80 valence electrons. The van der Waals surface area contributed by atoms with E-state index < -0.39 is 6.10 Å². The number of hydrogen-bond acceptors (Lipinski definition) is 3. The molecule has 6 heteroatoms. The lowest BCUT2D eigenvalue weighted by Crippen LogP contribution is -2.20. The second-order valence-electron chi connectivity index (χ2n) is 2.83. The minimum atomic E-state index is -0.795. The summed E-state index contributed by atoms with van der Waals surface area (Å²) in [4.78, 5) is 2.53. The largest absolute Gasteiger partial charge is 0.491 e. The molecule has 0 saturated carbocycles. The van der Waals surface area contributed by atoms with Gasteiger partial charge in [0.15, 0.2) is 0 Å². The van der Waals surface area contributed by atoms with E-state index in [9.17, 15) is 5.11 Å². The Kier molecular flexibility index (Phi) is 4.77. The Morgan fingerprint density at radius 1 is 1.47 bits per heavy atom. The molecule has 0 bridgehead atoms. The summed E-state index contributed by atoms with van der Waals surface area (Å²) in [5.74, 6) is 0.611. The summed E-state index contributed by atoms with van der Waals surface area (Å²) in [7, 11) is 0. The standard InChI is InChI=1S/C9H10ClN3O2/c10-7-1-3-9(4-2-7)15-6-8(14)5-12-13-11/h1-4,8,14H,5-6H2/t8-/m1/s1. The summed E-state index contributed by atoms with van der Waals surface area (Å²) in [5.41, 5.74) is 8.02. The highest BCUT2D eigenvalue weighted by Crippen LogP contribution is 2.15. The van der Waals surface area contributed by atoms with Crippen molar-refractivity contribution in [2.45, 2.75) is 6.10 Å². The molecule has 0 aliphatic carbocycles. The van der Waals surface area contributed by atoms with Crippen LogP contribution in [-0.2, 0) is 0 Å². The van der Waals surface area contributed by atoms with Crippen molar-refractivity contribution >= 4 is 11.6 Å². The third kappa shape index (κ3) is 4.56. The number of rotatable bonds is 5. The Morgan fingerprint density at radius 3 is 2.73 bits per heavy atom. The van der Waals surface area contributed by atoms with Crippen LogP contribution in [0.25, 0.3) is 10.4 Å². The lowest BCUT2D eigenvalue weighted by atomic mass is 10.3. The minimum Gasteiger partial charge on any atom is -0.491 e. The lowest BCUT2D eigenvalue weighted by molar-refractivity contribution is 0.114. The lowest BCUT2D eigenvalue weighted by Gasteiger charge is -2.09. The Balaban J connectivity index is 2.36. The fourth-order valence-electron chi connectivity index (χ4n) is 0.907. The van der Waals surface area contributed by atoms with Crippen molar-refractivity contribution in [3.63, 3.8) is 0 Å². The molecule has 0 unspecified atom stereocenters.